The Morgan fingerprint density at radius 3 is 2.67 bits per heavy atom. The molecule has 40 heavy (non-hydrogen) atoms. The van der Waals surface area contributed by atoms with Gasteiger partial charge in [0.1, 0.15) is 5.82 Å². The van der Waals surface area contributed by atoms with Crippen LogP contribution in [0.15, 0.2) is 50.9 Å². The van der Waals surface area contributed by atoms with Crippen molar-refractivity contribution in [1.29, 1.82) is 0 Å². The van der Waals surface area contributed by atoms with E-state index < -0.39 is 5.91 Å². The van der Waals surface area contributed by atoms with Gasteiger partial charge in [-0.3, -0.25) is 24.9 Å². The van der Waals surface area contributed by atoms with Crippen molar-refractivity contribution in [3.05, 3.63) is 41.9 Å². The molecule has 0 aliphatic carbocycles. The van der Waals surface area contributed by atoms with Crippen molar-refractivity contribution in [3.8, 4) is 11.4 Å². The molecule has 0 saturated carbocycles. The van der Waals surface area contributed by atoms with E-state index in [2.05, 4.69) is 21.6 Å². The minimum Gasteiger partial charge on any atom is -0.396 e. The molecular formula is C26H33N9O4S. The van der Waals surface area contributed by atoms with Gasteiger partial charge in [0.05, 0.1) is 38.6 Å². The fourth-order valence-corrected chi connectivity index (χ4v) is 4.76. The van der Waals surface area contributed by atoms with E-state index in [-0.39, 0.29) is 18.8 Å². The zero-order valence-electron chi connectivity index (χ0n) is 22.5. The number of rotatable bonds is 12. The fraction of sp³-hybridized carbons (Fsp3) is 0.385. The van der Waals surface area contributed by atoms with Crippen LogP contribution in [-0.4, -0.2) is 106 Å². The van der Waals surface area contributed by atoms with E-state index in [4.69, 9.17) is 30.0 Å². The number of nitrogens with zero attached hydrogens (tertiary/aromatic N) is 8. The summed E-state index contributed by atoms with van der Waals surface area (Å²) in [4.78, 5) is 39.5. The number of fused-ring (bicyclic) bond motifs is 1. The van der Waals surface area contributed by atoms with E-state index in [1.807, 2.05) is 47.8 Å². The molecule has 3 aromatic rings. The van der Waals surface area contributed by atoms with Crippen LogP contribution in [0.2, 0.25) is 0 Å². The Bertz CT molecular complexity index is 1390. The molecule has 0 atom stereocenters. The number of hydrogen-bond donors (Lipinski definition) is 3. The first kappa shape index (κ1) is 29.3. The van der Waals surface area contributed by atoms with Gasteiger partial charge in [0.25, 0.3) is 5.91 Å². The van der Waals surface area contributed by atoms with E-state index in [0.717, 1.165) is 33.3 Å². The van der Waals surface area contributed by atoms with Gasteiger partial charge in [0, 0.05) is 48.8 Å². The van der Waals surface area contributed by atoms with Crippen LogP contribution in [0.5, 0.6) is 0 Å². The maximum absolute atomic E-state index is 11.7. The Kier molecular flexibility index (Phi) is 10.3. The van der Waals surface area contributed by atoms with Gasteiger partial charge in [-0.15, -0.1) is 11.8 Å². The van der Waals surface area contributed by atoms with Gasteiger partial charge < -0.3 is 19.3 Å². The van der Waals surface area contributed by atoms with Crippen molar-refractivity contribution >= 4 is 47.6 Å². The largest absolute Gasteiger partial charge is 0.396 e. The quantitative estimate of drug-likeness (QED) is 0.0965. The number of aromatic nitrogens is 4. The van der Waals surface area contributed by atoms with Gasteiger partial charge >= 0.3 is 0 Å². The number of carbonyl (C=O) groups is 1. The second-order valence-electron chi connectivity index (χ2n) is 9.00. The summed E-state index contributed by atoms with van der Waals surface area (Å²) in [6.45, 7) is 6.83. The summed E-state index contributed by atoms with van der Waals surface area (Å²) in [5.41, 5.74) is 3.97. The number of hydrogen-bond acceptors (Lipinski definition) is 12. The molecule has 14 heteroatoms. The predicted octanol–water partition coefficient (Wildman–Crippen LogP) is 1.50. The van der Waals surface area contributed by atoms with E-state index in [1.165, 1.54) is 12.4 Å². The molecule has 2 aromatic heterocycles. The number of aryl methyl sites for hydroxylation is 1. The third-order valence-electron chi connectivity index (χ3n) is 6.13. The number of aliphatic hydroxyl groups excluding tert-OH is 1. The van der Waals surface area contributed by atoms with Crippen molar-refractivity contribution < 1.29 is 19.8 Å². The normalized spacial score (nSPS) is 14.4. The first-order valence-corrected chi connectivity index (χ1v) is 13.6. The van der Waals surface area contributed by atoms with Crippen LogP contribution in [0.4, 0.5) is 5.82 Å². The molecule has 1 fully saturated rings. The van der Waals surface area contributed by atoms with Crippen LogP contribution in [0.25, 0.3) is 22.6 Å². The van der Waals surface area contributed by atoms with Crippen LogP contribution in [-0.2, 0) is 23.1 Å². The Morgan fingerprint density at radius 2 is 2.00 bits per heavy atom. The number of aliphatic hydroxyl groups is 1. The number of ether oxygens (including phenoxy) is 1. The van der Waals surface area contributed by atoms with Gasteiger partial charge in [0.2, 0.25) is 0 Å². The topological polar surface area (TPSA) is 154 Å². The summed E-state index contributed by atoms with van der Waals surface area (Å²) in [5.74, 6) is 2.07. The summed E-state index contributed by atoms with van der Waals surface area (Å²) >= 11 is 1.59. The highest BCUT2D eigenvalue weighted by Gasteiger charge is 2.23. The lowest BCUT2D eigenvalue weighted by Crippen LogP contribution is -2.37. The Morgan fingerprint density at radius 1 is 1.25 bits per heavy atom. The number of morpholine rings is 1. The average molecular weight is 568 g/mol. The van der Waals surface area contributed by atoms with E-state index in [1.54, 1.807) is 17.2 Å². The highest BCUT2D eigenvalue weighted by atomic mass is 32.2. The molecule has 4 rings (SSSR count). The second kappa shape index (κ2) is 14.1. The minimum absolute atomic E-state index is 0.0756. The van der Waals surface area contributed by atoms with Crippen LogP contribution >= 0.6 is 11.8 Å². The molecule has 3 N–H and O–H groups in total. The van der Waals surface area contributed by atoms with E-state index in [9.17, 15) is 4.79 Å². The Hall–Kier alpha value is -3.69. The van der Waals surface area contributed by atoms with Gasteiger partial charge in [-0.05, 0) is 25.9 Å². The second-order valence-corrected chi connectivity index (χ2v) is 10.2. The number of thioether (sulfide) groups is 1. The monoisotopic (exact) mass is 567 g/mol. The molecule has 3 heterocycles. The maximum atomic E-state index is 11.7. The van der Waals surface area contributed by atoms with Crippen molar-refractivity contribution in [3.63, 3.8) is 0 Å². The number of benzene rings is 1. The molecule has 0 spiro atoms. The number of imidazole rings is 1. The molecule has 0 unspecified atom stereocenters. The maximum Gasteiger partial charge on any atom is 0.277 e. The smallest absolute Gasteiger partial charge is 0.277 e. The molecule has 212 valence electrons. The molecule has 1 aliphatic heterocycles. The van der Waals surface area contributed by atoms with Gasteiger partial charge in [-0.2, -0.15) is 0 Å². The molecule has 1 aliphatic rings. The zero-order valence-corrected chi connectivity index (χ0v) is 23.3. The highest BCUT2D eigenvalue weighted by molar-refractivity contribution is 7.99. The van der Waals surface area contributed by atoms with E-state index >= 15 is 0 Å². The van der Waals surface area contributed by atoms with Crippen LogP contribution in [0.1, 0.15) is 5.82 Å². The molecular weight excluding hydrogens is 534 g/mol. The lowest BCUT2D eigenvalue weighted by Gasteiger charge is -2.28. The van der Waals surface area contributed by atoms with Crippen molar-refractivity contribution in [2.45, 2.75) is 11.4 Å². The number of anilines is 1. The van der Waals surface area contributed by atoms with Gasteiger partial charge in [-0.1, -0.05) is 12.1 Å². The molecule has 0 radical (unpaired) electrons. The average Bonchev–Trinajstić information content (AvgIpc) is 3.29. The lowest BCUT2D eigenvalue weighted by molar-refractivity contribution is -0.124. The highest BCUT2D eigenvalue weighted by Crippen LogP contribution is 2.29. The third-order valence-corrected chi connectivity index (χ3v) is 7.13. The number of nitrogens with one attached hydrogen (secondary N) is 1. The standard InChI is InChI=1S/C26H33N9O4S/c1-27-14-19(26(37)32-38)15-28-17-33(2)16-21-29-22-24(34(21)3)30-23(31-25(22)35-8-11-39-12-9-35)18-4-6-20(7-5-18)40-13-10-36/h4-7,14-15,36,38H,1,8-13,16-17H2,2-3H3,(H,32,37)/b19-14+,28-15-. The first-order chi connectivity index (χ1) is 19.4. The molecule has 1 aromatic carbocycles. The van der Waals surface area contributed by atoms with Gasteiger partial charge in [0.15, 0.2) is 22.8 Å². The number of carbonyl (C=O) groups excluding carboxylic acids is 1. The summed E-state index contributed by atoms with van der Waals surface area (Å²) in [6.07, 6.45) is 2.54. The predicted molar refractivity (Wildman–Crippen MR) is 155 cm³/mol. The van der Waals surface area contributed by atoms with Crippen molar-refractivity contribution in [2.24, 2.45) is 17.0 Å². The molecule has 1 amide bonds. The summed E-state index contributed by atoms with van der Waals surface area (Å²) in [7, 11) is 3.81. The Balaban J connectivity index is 1.62. The van der Waals surface area contributed by atoms with E-state index in [0.29, 0.717) is 44.4 Å². The summed E-state index contributed by atoms with van der Waals surface area (Å²) < 4.78 is 7.52. The van der Waals surface area contributed by atoms with Crippen molar-refractivity contribution in [1.82, 2.24) is 29.9 Å². The minimum atomic E-state index is -0.724. The number of amides is 1. The Labute approximate surface area is 236 Å². The van der Waals surface area contributed by atoms with Crippen molar-refractivity contribution in [2.75, 3.05) is 57.3 Å². The SMILES string of the molecule is C=N/C=C(\C=N/CN(C)Cc1nc2c(N3CCOCC3)nc(-c3ccc(SCCO)cc3)nc2n1C)C(=O)NO. The molecule has 1 saturated heterocycles. The summed E-state index contributed by atoms with van der Waals surface area (Å²) in [6, 6.07) is 8.01. The third kappa shape index (κ3) is 7.08. The summed E-state index contributed by atoms with van der Waals surface area (Å²) in [5, 5.41) is 18.0. The molecule has 13 nitrogen and oxygen atoms in total. The number of hydroxylamine groups is 1. The number of aliphatic imine (C=N–C) groups is 2. The van der Waals surface area contributed by atoms with Crippen LogP contribution in [0, 0.1) is 0 Å². The van der Waals surface area contributed by atoms with Crippen LogP contribution in [0.3, 0.4) is 0 Å². The fourth-order valence-electron chi connectivity index (χ4n) is 4.11. The first-order valence-electron chi connectivity index (χ1n) is 12.6. The van der Waals surface area contributed by atoms with Crippen LogP contribution < -0.4 is 10.4 Å². The van der Waals surface area contributed by atoms with Gasteiger partial charge in [-0.25, -0.2) is 20.4 Å². The lowest BCUT2D eigenvalue weighted by atomic mass is 10.2. The molecule has 0 bridgehead atoms. The zero-order chi connectivity index (χ0) is 28.5.